The Morgan fingerprint density at radius 3 is 1.13 bits per heavy atom. The molecule has 0 aliphatic carbocycles. The Hall–Kier alpha value is -8.39. The molecule has 0 spiro atoms. The average molecular weight is 1120 g/mol. The molecule has 4 N–H and O–H groups in total. The van der Waals surface area contributed by atoms with Gasteiger partial charge < -0.3 is 58.5 Å². The van der Waals surface area contributed by atoms with E-state index in [1.165, 1.54) is 0 Å². The van der Waals surface area contributed by atoms with Crippen LogP contribution in [0, 0.1) is 0 Å². The molecule has 8 bridgehead atoms. The summed E-state index contributed by atoms with van der Waals surface area (Å²) in [4.78, 5) is 55.5. The maximum atomic E-state index is 13.0. The number of carbonyl (C=O) groups excluding carboxylic acids is 3. The van der Waals surface area contributed by atoms with Crippen molar-refractivity contribution >= 4 is 69.8 Å². The van der Waals surface area contributed by atoms with E-state index in [1.807, 2.05) is 78.9 Å². The third kappa shape index (κ3) is 17.3. The summed E-state index contributed by atoms with van der Waals surface area (Å²) in [5, 5.41) is 5.62. The molecule has 3 aromatic heterocycles. The van der Waals surface area contributed by atoms with Crippen molar-refractivity contribution in [3.05, 3.63) is 162 Å². The van der Waals surface area contributed by atoms with E-state index >= 15 is 0 Å². The van der Waals surface area contributed by atoms with Crippen LogP contribution in [0.1, 0.15) is 43.5 Å². The van der Waals surface area contributed by atoms with Crippen molar-refractivity contribution in [1.82, 2.24) is 25.3 Å². The largest absolute Gasteiger partial charge is 0.458 e. The predicted octanol–water partition coefficient (Wildman–Crippen LogP) is 10.8. The number of aromatic nitrogens is 4. The summed E-state index contributed by atoms with van der Waals surface area (Å²) in [7, 11) is 0. The smallest absolute Gasteiger partial charge is 0.332 e. The number of hydrogen-bond donors (Lipinski definition) is 4. The number of nitrogens with zero attached hydrogens (tertiary/aromatic N) is 2. The van der Waals surface area contributed by atoms with Gasteiger partial charge in [0.05, 0.1) is 95.5 Å². The Labute approximate surface area is 483 Å². The highest BCUT2D eigenvalue weighted by molar-refractivity contribution is 6.00. The fraction of sp³-hybridized carbons (Fsp3) is 0.288. The van der Waals surface area contributed by atoms with Crippen molar-refractivity contribution in [3.8, 4) is 44.5 Å². The number of rotatable bonds is 29. The van der Waals surface area contributed by atoms with Crippen LogP contribution >= 0.6 is 0 Å². The molecule has 0 radical (unpaired) electrons. The lowest BCUT2D eigenvalue weighted by molar-refractivity contribution is -0.160. The Bertz CT molecular complexity index is 3470. The molecule has 430 valence electrons. The van der Waals surface area contributed by atoms with Crippen LogP contribution in [0.2, 0.25) is 0 Å². The van der Waals surface area contributed by atoms with Gasteiger partial charge in [-0.05, 0) is 104 Å². The van der Waals surface area contributed by atoms with Gasteiger partial charge in [-0.25, -0.2) is 14.8 Å². The van der Waals surface area contributed by atoms with Crippen LogP contribution < -0.4 is 10.6 Å². The molecule has 0 saturated heterocycles. The minimum absolute atomic E-state index is 0.109. The summed E-state index contributed by atoms with van der Waals surface area (Å²) >= 11 is 0. The Kier molecular flexibility index (Phi) is 21.5. The monoisotopic (exact) mass is 1120 g/mol. The lowest BCUT2D eigenvalue weighted by Crippen LogP contribution is -2.32. The number of carbonyl (C=O) groups is 3. The Balaban J connectivity index is 0.763. The van der Waals surface area contributed by atoms with E-state index in [9.17, 15) is 14.4 Å². The second-order valence-electron chi connectivity index (χ2n) is 20.3. The molecule has 0 saturated carbocycles. The van der Waals surface area contributed by atoms with E-state index in [4.69, 9.17) is 47.9 Å². The molecule has 4 aromatic carbocycles. The van der Waals surface area contributed by atoms with Gasteiger partial charge in [0, 0.05) is 56.6 Å². The quantitative estimate of drug-likeness (QED) is 0.0255. The second-order valence-corrected chi connectivity index (χ2v) is 20.3. The molecule has 2 aliphatic heterocycles. The molecule has 2 amide bonds. The maximum Gasteiger partial charge on any atom is 0.332 e. The van der Waals surface area contributed by atoms with Gasteiger partial charge in [-0.1, -0.05) is 103 Å². The zero-order valence-electron chi connectivity index (χ0n) is 47.1. The summed E-state index contributed by atoms with van der Waals surface area (Å²) < 4.78 is 43.4. The normalized spacial score (nSPS) is 11.9. The van der Waals surface area contributed by atoms with Gasteiger partial charge >= 0.3 is 5.97 Å². The Morgan fingerprint density at radius 1 is 0.398 bits per heavy atom. The molecule has 7 aromatic rings. The van der Waals surface area contributed by atoms with E-state index in [0.29, 0.717) is 65.1 Å². The summed E-state index contributed by atoms with van der Waals surface area (Å²) in [5.74, 6) is -1.18. The molecule has 0 unspecified atom stereocenters. The third-order valence-electron chi connectivity index (χ3n) is 12.9. The number of esters is 1. The summed E-state index contributed by atoms with van der Waals surface area (Å²) in [6.45, 7) is 9.08. The summed E-state index contributed by atoms with van der Waals surface area (Å²) in [6.07, 6.45) is 8.29. The molecule has 0 fully saturated rings. The van der Waals surface area contributed by atoms with Crippen molar-refractivity contribution < 1.29 is 52.3 Å². The molecular weight excluding hydrogens is 1050 g/mol. The van der Waals surface area contributed by atoms with Crippen LogP contribution in [0.3, 0.4) is 0 Å². The van der Waals surface area contributed by atoms with Crippen molar-refractivity contribution in [2.75, 3.05) is 104 Å². The molecule has 2 aliphatic rings. The van der Waals surface area contributed by atoms with Crippen molar-refractivity contribution in [3.63, 3.8) is 0 Å². The molecular formula is C66H70N6O11. The first-order chi connectivity index (χ1) is 40.6. The fourth-order valence-electron chi connectivity index (χ4n) is 9.33. The molecule has 17 heteroatoms. The topological polar surface area (TPSA) is 206 Å². The molecule has 83 heavy (non-hydrogen) atoms. The lowest BCUT2D eigenvalue weighted by Gasteiger charge is -2.19. The number of aromatic amines is 2. The first-order valence-electron chi connectivity index (χ1n) is 27.8. The highest BCUT2D eigenvalue weighted by Crippen LogP contribution is 2.38. The van der Waals surface area contributed by atoms with Crippen LogP contribution in [0.15, 0.2) is 140 Å². The zero-order valence-corrected chi connectivity index (χ0v) is 47.1. The van der Waals surface area contributed by atoms with Gasteiger partial charge in [-0.15, -0.1) is 0 Å². The van der Waals surface area contributed by atoms with Gasteiger partial charge in [-0.2, -0.15) is 0 Å². The number of H-pyrrole nitrogens is 2. The van der Waals surface area contributed by atoms with E-state index < -0.39 is 17.5 Å². The minimum Gasteiger partial charge on any atom is -0.458 e. The van der Waals surface area contributed by atoms with E-state index in [1.54, 1.807) is 20.8 Å². The van der Waals surface area contributed by atoms with Crippen LogP contribution in [0.4, 0.5) is 5.69 Å². The second kappa shape index (κ2) is 30.1. The number of nitrogens with one attached hydrogen (secondary N) is 4. The minimum atomic E-state index is -0.538. The van der Waals surface area contributed by atoms with Crippen molar-refractivity contribution in [2.45, 2.75) is 26.4 Å². The number of fused-ring (bicyclic) bond motifs is 8. The number of benzene rings is 4. The van der Waals surface area contributed by atoms with Crippen LogP contribution in [0.5, 0.6) is 0 Å². The van der Waals surface area contributed by atoms with E-state index in [-0.39, 0.29) is 45.5 Å². The Morgan fingerprint density at radius 2 is 0.747 bits per heavy atom. The molecule has 5 heterocycles. The molecule has 0 atom stereocenters. The van der Waals surface area contributed by atoms with Gasteiger partial charge in [0.1, 0.15) is 25.4 Å². The van der Waals surface area contributed by atoms with E-state index in [0.717, 1.165) is 89.4 Å². The first-order valence-corrected chi connectivity index (χ1v) is 27.8. The number of amides is 2. The predicted molar refractivity (Wildman–Crippen MR) is 324 cm³/mol. The third-order valence-corrected chi connectivity index (χ3v) is 12.9. The average Bonchev–Trinajstić information content (AvgIpc) is 4.35. The first kappa shape index (κ1) is 59.2. The lowest BCUT2D eigenvalue weighted by atomic mass is 10.0. The van der Waals surface area contributed by atoms with Crippen LogP contribution in [-0.2, 0) is 52.3 Å². The maximum absolute atomic E-state index is 13.0. The number of hydrogen-bond acceptors (Lipinski definition) is 13. The zero-order chi connectivity index (χ0) is 57.6. The highest BCUT2D eigenvalue weighted by Gasteiger charge is 2.20. The molecule has 9 rings (SSSR count). The summed E-state index contributed by atoms with van der Waals surface area (Å²) in [6, 6.07) is 46.9. The van der Waals surface area contributed by atoms with Gasteiger partial charge in [0.2, 0.25) is 11.8 Å². The molecule has 17 nitrogen and oxygen atoms in total. The van der Waals surface area contributed by atoms with Gasteiger partial charge in [-0.3, -0.25) is 9.59 Å². The summed E-state index contributed by atoms with van der Waals surface area (Å²) in [5.41, 5.74) is 14.5. The van der Waals surface area contributed by atoms with Crippen LogP contribution in [0.25, 0.3) is 90.9 Å². The highest BCUT2D eigenvalue weighted by atomic mass is 16.6. The van der Waals surface area contributed by atoms with Crippen molar-refractivity contribution in [1.29, 1.82) is 0 Å². The standard InChI is InChI=1S/C66H70N6O11/c1-66(2,3)83-61(75)45-81-42-41-80-40-39-79-38-37-78-36-35-77-34-33-76-32-31-67-59(73)43-82-44-60(74)68-50-21-19-49(20-22-50)65-57-29-27-55(71-57)63(47-15-9-5-10-16-47)53-25-23-51(69-53)62(46-13-7-4-8-14-46)52-24-26-54(70-52)64(48-17-11-6-12-18-48)56-28-30-58(65)72-56/h4-30,69,72H,31-45H2,1-3H3,(H,67,73)(H,68,74). The van der Waals surface area contributed by atoms with Gasteiger partial charge in [0.15, 0.2) is 0 Å². The van der Waals surface area contributed by atoms with Crippen molar-refractivity contribution in [2.24, 2.45) is 0 Å². The van der Waals surface area contributed by atoms with E-state index in [2.05, 4.69) is 106 Å². The fourth-order valence-corrected chi connectivity index (χ4v) is 9.33. The number of ether oxygens (including phenoxy) is 8. The van der Waals surface area contributed by atoms with Crippen LogP contribution in [-0.4, -0.2) is 142 Å². The SMILES string of the molecule is CC(C)(C)OC(=O)COCCOCCOCCOCCOCCOCCNC(=O)COCC(=O)Nc1ccc(-c2c3nc(c(-c4ccccc4)c4ccc([nH]4)c(-c4ccccc4)c4nc(c(-c5ccccc5)c5ccc2[nH]5)C=C4)C=C3)cc1. The van der Waals surface area contributed by atoms with Gasteiger partial charge in [0.25, 0.3) is 0 Å². The number of anilines is 1.